The summed E-state index contributed by atoms with van der Waals surface area (Å²) in [7, 11) is 0. The summed E-state index contributed by atoms with van der Waals surface area (Å²) in [6.45, 7) is 7.26. The second kappa shape index (κ2) is 4.62. The van der Waals surface area contributed by atoms with Crippen molar-refractivity contribution in [3.63, 3.8) is 0 Å². The molecule has 4 aliphatic rings. The van der Waals surface area contributed by atoms with E-state index in [0.717, 1.165) is 0 Å². The first-order valence-corrected chi connectivity index (χ1v) is 8.06. The number of Topliss-reactive ketones (excluding diaryl/α,β-unsaturated/α-hetero) is 1. The first-order valence-electron chi connectivity index (χ1n) is 8.06. The molecule has 2 N–H and O–H groups in total. The molecule has 22 heavy (non-hydrogen) atoms. The molecule has 0 heterocycles. The van der Waals surface area contributed by atoms with Gasteiger partial charge in [0.05, 0.1) is 0 Å². The average Bonchev–Trinajstić information content (AvgIpc) is 2.46. The number of fused-ring (bicyclic) bond motifs is 1. The SMILES string of the molecule is CC(C)[C@]1(O)C(=O)C=CC2C1[C@@H]1C=C[C@H]2C(=O)[C@@]1(O)C(C)C. The Hall–Kier alpha value is -1.26. The molecular weight excluding hydrogens is 280 g/mol. The largest absolute Gasteiger partial charge is 0.381 e. The van der Waals surface area contributed by atoms with Crippen LogP contribution in [-0.2, 0) is 9.59 Å². The summed E-state index contributed by atoms with van der Waals surface area (Å²) < 4.78 is 0. The third kappa shape index (κ3) is 1.60. The molecule has 0 aliphatic heterocycles. The number of hydrogen-bond acceptors (Lipinski definition) is 4. The maximum atomic E-state index is 12.8. The summed E-state index contributed by atoms with van der Waals surface area (Å²) in [5.74, 6) is -2.71. The van der Waals surface area contributed by atoms with Gasteiger partial charge in [-0.05, 0) is 23.8 Å². The van der Waals surface area contributed by atoms with Gasteiger partial charge >= 0.3 is 0 Å². The van der Waals surface area contributed by atoms with Gasteiger partial charge in [0.15, 0.2) is 11.6 Å². The fourth-order valence-electron chi connectivity index (χ4n) is 4.71. The zero-order chi connectivity index (χ0) is 16.4. The van der Waals surface area contributed by atoms with E-state index < -0.39 is 29.0 Å². The molecule has 4 heteroatoms. The van der Waals surface area contributed by atoms with Crippen LogP contribution >= 0.6 is 0 Å². The highest BCUT2D eigenvalue weighted by atomic mass is 16.3. The Kier molecular flexibility index (Phi) is 3.28. The van der Waals surface area contributed by atoms with Gasteiger partial charge in [0, 0.05) is 17.8 Å². The van der Waals surface area contributed by atoms with Crippen LogP contribution in [0.3, 0.4) is 0 Å². The molecule has 1 fully saturated rings. The van der Waals surface area contributed by atoms with Crippen LogP contribution < -0.4 is 0 Å². The number of ketones is 2. The Morgan fingerprint density at radius 2 is 1.55 bits per heavy atom. The van der Waals surface area contributed by atoms with Crippen LogP contribution in [0.5, 0.6) is 0 Å². The molecular formula is C18H24O4. The second-order valence-corrected chi connectivity index (χ2v) is 7.59. The van der Waals surface area contributed by atoms with Gasteiger partial charge in [-0.1, -0.05) is 45.9 Å². The molecule has 2 unspecified atom stereocenters. The van der Waals surface area contributed by atoms with Gasteiger partial charge in [-0.3, -0.25) is 9.59 Å². The predicted molar refractivity (Wildman–Crippen MR) is 81.8 cm³/mol. The van der Waals surface area contributed by atoms with Crippen LogP contribution in [0.25, 0.3) is 0 Å². The summed E-state index contributed by atoms with van der Waals surface area (Å²) in [6.07, 6.45) is 6.85. The van der Waals surface area contributed by atoms with Crippen molar-refractivity contribution in [3.8, 4) is 0 Å². The molecule has 0 aromatic heterocycles. The second-order valence-electron chi connectivity index (χ2n) is 7.59. The summed E-state index contributed by atoms with van der Waals surface area (Å²) in [5.41, 5.74) is -3.04. The number of aliphatic hydroxyl groups is 2. The lowest BCUT2D eigenvalue weighted by molar-refractivity contribution is -0.193. The van der Waals surface area contributed by atoms with E-state index in [1.807, 2.05) is 39.8 Å². The van der Waals surface area contributed by atoms with E-state index in [4.69, 9.17) is 0 Å². The normalized spacial score (nSPS) is 46.7. The quantitative estimate of drug-likeness (QED) is 0.759. The highest BCUT2D eigenvalue weighted by Crippen LogP contribution is 2.57. The standard InChI is InChI=1S/C18H24O4/c1-9(2)17(21)13-7-5-12(16(17)20)11-6-8-14(19)18(22,10(3)4)15(11)13/h5-13,15,21-22H,1-4H3/t11?,12-,13+,15?,17-,18+/m1/s1. The van der Waals surface area contributed by atoms with Gasteiger partial charge in [-0.25, -0.2) is 0 Å². The molecule has 0 saturated heterocycles. The van der Waals surface area contributed by atoms with Crippen molar-refractivity contribution in [2.75, 3.05) is 0 Å². The molecule has 1 saturated carbocycles. The van der Waals surface area contributed by atoms with Crippen LogP contribution in [-0.4, -0.2) is 33.0 Å². The Bertz CT molecular complexity index is 588. The Morgan fingerprint density at radius 1 is 0.955 bits per heavy atom. The van der Waals surface area contributed by atoms with Crippen molar-refractivity contribution in [1.29, 1.82) is 0 Å². The first kappa shape index (κ1) is 15.6. The first-order chi connectivity index (χ1) is 10.2. The topological polar surface area (TPSA) is 74.6 Å². The lowest BCUT2D eigenvalue weighted by Crippen LogP contribution is -2.70. The predicted octanol–water partition coefficient (Wildman–Crippen LogP) is 1.52. The molecule has 6 atom stereocenters. The van der Waals surface area contributed by atoms with Gasteiger partial charge in [-0.15, -0.1) is 0 Å². The van der Waals surface area contributed by atoms with Gasteiger partial charge in [0.25, 0.3) is 0 Å². The highest BCUT2D eigenvalue weighted by Gasteiger charge is 2.67. The maximum absolute atomic E-state index is 12.8. The van der Waals surface area contributed by atoms with Crippen LogP contribution in [0.15, 0.2) is 24.3 Å². The number of allylic oxidation sites excluding steroid dienone is 2. The van der Waals surface area contributed by atoms with E-state index in [0.29, 0.717) is 0 Å². The summed E-state index contributed by atoms with van der Waals surface area (Å²) >= 11 is 0. The lowest BCUT2D eigenvalue weighted by atomic mass is 9.46. The summed E-state index contributed by atoms with van der Waals surface area (Å²) in [4.78, 5) is 25.2. The Morgan fingerprint density at radius 3 is 2.09 bits per heavy atom. The van der Waals surface area contributed by atoms with Crippen LogP contribution in [0, 0.1) is 35.5 Å². The number of carbonyl (C=O) groups is 2. The smallest absolute Gasteiger partial charge is 0.187 e. The highest BCUT2D eigenvalue weighted by molar-refractivity contribution is 6.01. The van der Waals surface area contributed by atoms with Crippen molar-refractivity contribution < 1.29 is 19.8 Å². The molecule has 120 valence electrons. The van der Waals surface area contributed by atoms with Crippen molar-refractivity contribution in [2.24, 2.45) is 35.5 Å². The lowest BCUT2D eigenvalue weighted by Gasteiger charge is -2.58. The number of rotatable bonds is 2. The number of carbonyl (C=O) groups excluding carboxylic acids is 2. The Balaban J connectivity index is 2.20. The minimum Gasteiger partial charge on any atom is -0.381 e. The molecule has 0 radical (unpaired) electrons. The molecule has 0 aromatic rings. The minimum absolute atomic E-state index is 0.179. The van der Waals surface area contributed by atoms with E-state index in [1.165, 1.54) is 6.08 Å². The van der Waals surface area contributed by atoms with Crippen molar-refractivity contribution in [2.45, 2.75) is 38.9 Å². The number of hydrogen-bond donors (Lipinski definition) is 2. The fourth-order valence-corrected chi connectivity index (χ4v) is 4.71. The average molecular weight is 304 g/mol. The third-order valence-electron chi connectivity index (χ3n) is 6.08. The Labute approximate surface area is 130 Å². The van der Waals surface area contributed by atoms with E-state index in [1.54, 1.807) is 6.08 Å². The molecule has 0 amide bonds. The molecule has 0 spiro atoms. The van der Waals surface area contributed by atoms with Gasteiger partial charge in [-0.2, -0.15) is 0 Å². The van der Waals surface area contributed by atoms with Crippen molar-refractivity contribution in [1.82, 2.24) is 0 Å². The maximum Gasteiger partial charge on any atom is 0.187 e. The summed E-state index contributed by atoms with van der Waals surface area (Å²) in [5, 5.41) is 22.3. The molecule has 2 bridgehead atoms. The zero-order valence-electron chi connectivity index (χ0n) is 13.5. The fraction of sp³-hybridized carbons (Fsp3) is 0.667. The van der Waals surface area contributed by atoms with Gasteiger partial charge in [0.2, 0.25) is 0 Å². The van der Waals surface area contributed by atoms with E-state index >= 15 is 0 Å². The van der Waals surface area contributed by atoms with Crippen LogP contribution in [0.1, 0.15) is 27.7 Å². The zero-order valence-corrected chi connectivity index (χ0v) is 13.5. The third-order valence-corrected chi connectivity index (χ3v) is 6.08. The minimum atomic E-state index is -1.53. The molecule has 4 nitrogen and oxygen atoms in total. The van der Waals surface area contributed by atoms with Crippen LogP contribution in [0.4, 0.5) is 0 Å². The molecule has 4 rings (SSSR count). The van der Waals surface area contributed by atoms with E-state index in [9.17, 15) is 19.8 Å². The van der Waals surface area contributed by atoms with Crippen molar-refractivity contribution in [3.05, 3.63) is 24.3 Å². The van der Waals surface area contributed by atoms with E-state index in [-0.39, 0.29) is 29.3 Å². The molecule has 4 aliphatic carbocycles. The van der Waals surface area contributed by atoms with Crippen LogP contribution in [0.2, 0.25) is 0 Å². The summed E-state index contributed by atoms with van der Waals surface area (Å²) in [6, 6.07) is 0. The van der Waals surface area contributed by atoms with Gasteiger partial charge in [0.1, 0.15) is 11.2 Å². The van der Waals surface area contributed by atoms with Crippen molar-refractivity contribution >= 4 is 11.6 Å². The van der Waals surface area contributed by atoms with Gasteiger partial charge < -0.3 is 10.2 Å². The molecule has 0 aromatic carbocycles. The monoisotopic (exact) mass is 304 g/mol. The van der Waals surface area contributed by atoms with E-state index in [2.05, 4.69) is 0 Å².